The quantitative estimate of drug-likeness (QED) is 0.867. The lowest BCUT2D eigenvalue weighted by molar-refractivity contribution is -0.115. The van der Waals surface area contributed by atoms with E-state index in [0.717, 1.165) is 5.56 Å². The van der Waals surface area contributed by atoms with Gasteiger partial charge in [0.05, 0.1) is 12.1 Å². The Labute approximate surface area is 120 Å². The largest absolute Gasteiger partial charge is 0.326 e. The number of nitrogens with zero attached hydrogens (tertiary/aromatic N) is 1. The van der Waals surface area contributed by atoms with Crippen LogP contribution in [0.25, 0.3) is 0 Å². The molecule has 21 heavy (non-hydrogen) atoms. The molecule has 3 rings (SSSR count). The van der Waals surface area contributed by atoms with Crippen molar-refractivity contribution >= 4 is 23.2 Å². The second-order valence-electron chi connectivity index (χ2n) is 4.92. The lowest BCUT2D eigenvalue weighted by atomic mass is 10.1. The fourth-order valence-corrected chi connectivity index (χ4v) is 2.23. The van der Waals surface area contributed by atoms with Crippen LogP contribution in [0.5, 0.6) is 0 Å². The van der Waals surface area contributed by atoms with Crippen molar-refractivity contribution in [3.63, 3.8) is 0 Å². The van der Waals surface area contributed by atoms with Gasteiger partial charge < -0.3 is 15.2 Å². The summed E-state index contributed by atoms with van der Waals surface area (Å²) in [6.07, 6.45) is 1.90. The third kappa shape index (κ3) is 2.55. The van der Waals surface area contributed by atoms with Crippen LogP contribution in [0.1, 0.15) is 15.9 Å². The number of rotatable bonds is 2. The van der Waals surface area contributed by atoms with Crippen LogP contribution in [0.2, 0.25) is 0 Å². The third-order valence-electron chi connectivity index (χ3n) is 3.34. The zero-order valence-corrected chi connectivity index (χ0v) is 11.3. The fourth-order valence-electron chi connectivity index (χ4n) is 2.23. The maximum absolute atomic E-state index is 12.2. The summed E-state index contributed by atoms with van der Waals surface area (Å²) < 4.78 is 1.39. The number of aromatic nitrogens is 1. The van der Waals surface area contributed by atoms with E-state index in [1.54, 1.807) is 37.5 Å². The first-order chi connectivity index (χ1) is 10.0. The van der Waals surface area contributed by atoms with Crippen molar-refractivity contribution in [1.29, 1.82) is 0 Å². The Morgan fingerprint density at radius 3 is 2.81 bits per heavy atom. The number of hydrogen-bond donors (Lipinski definition) is 2. The summed E-state index contributed by atoms with van der Waals surface area (Å²) in [5, 5.41) is 5.43. The van der Waals surface area contributed by atoms with E-state index in [4.69, 9.17) is 0 Å². The van der Waals surface area contributed by atoms with E-state index in [-0.39, 0.29) is 17.4 Å². The van der Waals surface area contributed by atoms with Crippen molar-refractivity contribution in [2.45, 2.75) is 6.42 Å². The van der Waals surface area contributed by atoms with E-state index in [0.29, 0.717) is 23.4 Å². The van der Waals surface area contributed by atoms with Crippen molar-refractivity contribution in [3.8, 4) is 0 Å². The summed E-state index contributed by atoms with van der Waals surface area (Å²) in [6, 6.07) is 8.03. The van der Waals surface area contributed by atoms with Gasteiger partial charge in [-0.15, -0.1) is 0 Å². The molecule has 2 amide bonds. The van der Waals surface area contributed by atoms with Crippen molar-refractivity contribution in [1.82, 2.24) is 4.57 Å². The number of carbonyl (C=O) groups excluding carboxylic acids is 2. The highest BCUT2D eigenvalue weighted by atomic mass is 16.2. The zero-order chi connectivity index (χ0) is 15.0. The van der Waals surface area contributed by atoms with Crippen LogP contribution in [0.4, 0.5) is 11.4 Å². The molecule has 6 heteroatoms. The average molecular weight is 283 g/mol. The zero-order valence-electron chi connectivity index (χ0n) is 11.3. The van der Waals surface area contributed by atoms with Gasteiger partial charge in [-0.1, -0.05) is 6.07 Å². The van der Waals surface area contributed by atoms with Gasteiger partial charge in [-0.05, 0) is 23.8 Å². The van der Waals surface area contributed by atoms with Crippen molar-refractivity contribution < 1.29 is 9.59 Å². The maximum atomic E-state index is 12.2. The first-order valence-electron chi connectivity index (χ1n) is 6.44. The molecule has 6 nitrogen and oxygen atoms in total. The van der Waals surface area contributed by atoms with Gasteiger partial charge in [0.1, 0.15) is 0 Å². The molecule has 0 fully saturated rings. The second kappa shape index (κ2) is 4.90. The lowest BCUT2D eigenvalue weighted by Gasteiger charge is -2.07. The van der Waals surface area contributed by atoms with Gasteiger partial charge in [-0.2, -0.15) is 0 Å². The number of pyridine rings is 1. The third-order valence-corrected chi connectivity index (χ3v) is 3.34. The molecule has 1 aliphatic heterocycles. The van der Waals surface area contributed by atoms with Gasteiger partial charge in [-0.25, -0.2) is 0 Å². The molecular weight excluding hydrogens is 270 g/mol. The Balaban J connectivity index is 1.83. The second-order valence-corrected chi connectivity index (χ2v) is 4.92. The highest BCUT2D eigenvalue weighted by molar-refractivity contribution is 6.07. The van der Waals surface area contributed by atoms with Crippen LogP contribution in [0.3, 0.4) is 0 Å². The number of hydrogen-bond acceptors (Lipinski definition) is 3. The van der Waals surface area contributed by atoms with Gasteiger partial charge in [0.2, 0.25) is 11.5 Å². The summed E-state index contributed by atoms with van der Waals surface area (Å²) in [5.41, 5.74) is 2.40. The van der Waals surface area contributed by atoms with Crippen molar-refractivity contribution in [3.05, 3.63) is 58.0 Å². The van der Waals surface area contributed by atoms with Crippen molar-refractivity contribution in [2.75, 3.05) is 10.6 Å². The first-order valence-corrected chi connectivity index (χ1v) is 6.44. The summed E-state index contributed by atoms with van der Waals surface area (Å²) >= 11 is 0. The Morgan fingerprint density at radius 2 is 2.05 bits per heavy atom. The van der Waals surface area contributed by atoms with Gasteiger partial charge in [0.15, 0.2) is 0 Å². The molecule has 0 saturated heterocycles. The Bertz CT molecular complexity index is 808. The summed E-state index contributed by atoms with van der Waals surface area (Å²) in [4.78, 5) is 34.8. The minimum atomic E-state index is -0.294. The topological polar surface area (TPSA) is 80.2 Å². The van der Waals surface area contributed by atoms with Gasteiger partial charge in [-0.3, -0.25) is 14.4 Å². The number of nitrogens with one attached hydrogen (secondary N) is 2. The van der Waals surface area contributed by atoms with Crippen LogP contribution in [0, 0.1) is 0 Å². The Hall–Kier alpha value is -2.89. The van der Waals surface area contributed by atoms with Crippen LogP contribution >= 0.6 is 0 Å². The summed E-state index contributed by atoms with van der Waals surface area (Å²) in [7, 11) is 1.61. The molecule has 0 unspecified atom stereocenters. The summed E-state index contributed by atoms with van der Waals surface area (Å²) in [6.45, 7) is 0. The SMILES string of the molecule is Cn1cc(NC(=O)c2ccc3c(c2)NC(=O)C3)ccc1=O. The van der Waals surface area contributed by atoms with E-state index in [1.165, 1.54) is 10.6 Å². The van der Waals surface area contributed by atoms with E-state index in [2.05, 4.69) is 10.6 Å². The monoisotopic (exact) mass is 283 g/mol. The lowest BCUT2D eigenvalue weighted by Crippen LogP contribution is -2.18. The average Bonchev–Trinajstić information content (AvgIpc) is 2.82. The van der Waals surface area contributed by atoms with Crippen LogP contribution in [0.15, 0.2) is 41.3 Å². The molecule has 1 aliphatic rings. The molecular formula is C15H13N3O3. The number of benzene rings is 1. The Kier molecular flexibility index (Phi) is 3.06. The molecule has 0 bridgehead atoms. The van der Waals surface area contributed by atoms with Crippen molar-refractivity contribution in [2.24, 2.45) is 7.05 Å². The highest BCUT2D eigenvalue weighted by Crippen LogP contribution is 2.24. The molecule has 2 heterocycles. The van der Waals surface area contributed by atoms with Crippen LogP contribution in [-0.4, -0.2) is 16.4 Å². The maximum Gasteiger partial charge on any atom is 0.255 e. The van der Waals surface area contributed by atoms with Crippen LogP contribution < -0.4 is 16.2 Å². The minimum Gasteiger partial charge on any atom is -0.326 e. The Morgan fingerprint density at radius 1 is 1.24 bits per heavy atom. The smallest absolute Gasteiger partial charge is 0.255 e. The molecule has 0 saturated carbocycles. The van der Waals surface area contributed by atoms with E-state index < -0.39 is 0 Å². The number of carbonyl (C=O) groups is 2. The summed E-state index contributed by atoms with van der Waals surface area (Å²) in [5.74, 6) is -0.363. The molecule has 0 spiro atoms. The van der Waals surface area contributed by atoms with Gasteiger partial charge in [0.25, 0.3) is 5.91 Å². The number of fused-ring (bicyclic) bond motifs is 1. The molecule has 0 atom stereocenters. The molecule has 2 aromatic rings. The molecule has 1 aromatic heterocycles. The van der Waals surface area contributed by atoms with Gasteiger partial charge >= 0.3 is 0 Å². The van der Waals surface area contributed by atoms with E-state index >= 15 is 0 Å². The van der Waals surface area contributed by atoms with E-state index in [9.17, 15) is 14.4 Å². The number of amides is 2. The van der Waals surface area contributed by atoms with E-state index in [1.807, 2.05) is 0 Å². The molecule has 106 valence electrons. The molecule has 1 aromatic carbocycles. The number of aryl methyl sites for hydroxylation is 1. The number of anilines is 2. The highest BCUT2D eigenvalue weighted by Gasteiger charge is 2.19. The van der Waals surface area contributed by atoms with Crippen LogP contribution in [-0.2, 0) is 18.3 Å². The molecule has 2 N–H and O–H groups in total. The van der Waals surface area contributed by atoms with Gasteiger partial charge in [0, 0.05) is 30.6 Å². The first kappa shape index (κ1) is 13.1. The minimum absolute atomic E-state index is 0.0689. The predicted octanol–water partition coefficient (Wildman–Crippen LogP) is 1.13. The molecule has 0 radical (unpaired) electrons. The standard InChI is InChI=1S/C15H13N3O3/c1-18-8-11(4-5-14(18)20)16-15(21)10-3-2-9-7-13(19)17-12(9)6-10/h2-6,8H,7H2,1H3,(H,16,21)(H,17,19). The fraction of sp³-hybridized carbons (Fsp3) is 0.133. The normalized spacial score (nSPS) is 12.7. The molecule has 0 aliphatic carbocycles. The predicted molar refractivity (Wildman–Crippen MR) is 78.4 cm³/mol.